The number of carbonyl (C=O) groups is 2. The van der Waals surface area contributed by atoms with E-state index in [0.717, 1.165) is 17.7 Å². The van der Waals surface area contributed by atoms with Crippen molar-refractivity contribution in [3.05, 3.63) is 77.4 Å². The molecule has 1 saturated heterocycles. The van der Waals surface area contributed by atoms with E-state index in [1.54, 1.807) is 17.0 Å². The van der Waals surface area contributed by atoms with Crippen LogP contribution in [0, 0.1) is 0 Å². The molecule has 1 heterocycles. The molecule has 4 rings (SSSR count). The maximum atomic E-state index is 13.6. The molecular weight excluding hydrogens is 601 g/mol. The van der Waals surface area contributed by atoms with Crippen LogP contribution >= 0.6 is 0 Å². The molecule has 0 atom stereocenters. The van der Waals surface area contributed by atoms with Crippen LogP contribution in [0.1, 0.15) is 28.4 Å². The smallest absolute Gasteiger partial charge is 0.416 e. The van der Waals surface area contributed by atoms with E-state index in [1.807, 2.05) is 6.07 Å². The number of carbonyl (C=O) groups excluding carboxylic acids is 2. The zero-order valence-electron chi connectivity index (χ0n) is 24.4. The van der Waals surface area contributed by atoms with E-state index >= 15 is 0 Å². The summed E-state index contributed by atoms with van der Waals surface area (Å²) in [5.74, 6) is 0.557. The number of ether oxygens (including phenoxy) is 2. The molecule has 0 unspecified atom stereocenters. The van der Waals surface area contributed by atoms with Crippen molar-refractivity contribution in [1.82, 2.24) is 9.80 Å². The summed E-state index contributed by atoms with van der Waals surface area (Å²) in [6.45, 7) is 2.96. The standard InChI is InChI=1S/C30H33F3N4O6S/c1-20(38)36-13-15-37(16-14-36)29(39)22-8-9-25(34-12-11-21-7-10-26(42-2)27(17-21)43-3)28(18-22)44(40,41)35-24-6-4-5-23(19-24)30(31,32)33/h4-10,17-19,34-35H,11-16H2,1-3H3. The summed E-state index contributed by atoms with van der Waals surface area (Å²) in [5.41, 5.74) is -0.190. The van der Waals surface area contributed by atoms with Crippen molar-refractivity contribution in [2.24, 2.45) is 0 Å². The van der Waals surface area contributed by atoms with Gasteiger partial charge in [-0.05, 0) is 60.5 Å². The minimum atomic E-state index is -4.67. The van der Waals surface area contributed by atoms with Crippen LogP contribution in [0.4, 0.5) is 24.5 Å². The molecule has 0 saturated carbocycles. The molecule has 3 aromatic rings. The summed E-state index contributed by atoms with van der Waals surface area (Å²) < 4.78 is 79.9. The second-order valence-electron chi connectivity index (χ2n) is 10.1. The molecule has 0 bridgehead atoms. The number of nitrogens with one attached hydrogen (secondary N) is 2. The molecule has 1 fully saturated rings. The Morgan fingerprint density at radius 1 is 0.886 bits per heavy atom. The van der Waals surface area contributed by atoms with Crippen LogP contribution < -0.4 is 19.5 Å². The van der Waals surface area contributed by atoms with E-state index in [9.17, 15) is 31.2 Å². The van der Waals surface area contributed by atoms with Gasteiger partial charge in [0.05, 0.1) is 25.5 Å². The lowest BCUT2D eigenvalue weighted by molar-refractivity contribution is -0.137. The number of methoxy groups -OCH3 is 2. The average molecular weight is 635 g/mol. The average Bonchev–Trinajstić information content (AvgIpc) is 3.00. The Morgan fingerprint density at radius 2 is 1.57 bits per heavy atom. The predicted molar refractivity (Wildman–Crippen MR) is 159 cm³/mol. The fourth-order valence-corrected chi connectivity index (χ4v) is 6.04. The minimum Gasteiger partial charge on any atom is -0.493 e. The monoisotopic (exact) mass is 634 g/mol. The number of nitrogens with zero attached hydrogens (tertiary/aromatic N) is 2. The van der Waals surface area contributed by atoms with Gasteiger partial charge in [0, 0.05) is 50.9 Å². The van der Waals surface area contributed by atoms with E-state index in [0.29, 0.717) is 37.1 Å². The first-order chi connectivity index (χ1) is 20.8. The zero-order valence-corrected chi connectivity index (χ0v) is 25.2. The number of sulfonamides is 1. The molecule has 1 aliphatic rings. The Hall–Kier alpha value is -4.46. The minimum absolute atomic E-state index is 0.0798. The van der Waals surface area contributed by atoms with Crippen molar-refractivity contribution in [1.29, 1.82) is 0 Å². The van der Waals surface area contributed by atoms with Crippen LogP contribution in [0.15, 0.2) is 65.6 Å². The number of halogens is 3. The fourth-order valence-electron chi connectivity index (χ4n) is 4.78. The first-order valence-electron chi connectivity index (χ1n) is 13.7. The van der Waals surface area contributed by atoms with E-state index < -0.39 is 27.7 Å². The summed E-state index contributed by atoms with van der Waals surface area (Å²) in [6, 6.07) is 13.4. The second-order valence-corrected chi connectivity index (χ2v) is 11.7. The van der Waals surface area contributed by atoms with Crippen LogP contribution in [0.25, 0.3) is 0 Å². The highest BCUT2D eigenvalue weighted by atomic mass is 32.2. The second kappa shape index (κ2) is 13.5. The van der Waals surface area contributed by atoms with Gasteiger partial charge in [0.15, 0.2) is 11.5 Å². The van der Waals surface area contributed by atoms with E-state index in [4.69, 9.17) is 9.47 Å². The Balaban J connectivity index is 1.61. The highest BCUT2D eigenvalue weighted by Gasteiger charge is 2.31. The Bertz CT molecular complexity index is 1620. The molecule has 14 heteroatoms. The molecule has 3 aromatic carbocycles. The van der Waals surface area contributed by atoms with Crippen LogP contribution in [0.3, 0.4) is 0 Å². The molecule has 0 aromatic heterocycles. The Labute approximate surface area is 253 Å². The third-order valence-corrected chi connectivity index (χ3v) is 8.57. The van der Waals surface area contributed by atoms with Crippen molar-refractivity contribution in [3.63, 3.8) is 0 Å². The molecule has 1 aliphatic heterocycles. The molecule has 0 spiro atoms. The zero-order chi connectivity index (χ0) is 32.1. The lowest BCUT2D eigenvalue weighted by Crippen LogP contribution is -2.50. The number of alkyl halides is 3. The van der Waals surface area contributed by atoms with Crippen LogP contribution in [-0.2, 0) is 27.4 Å². The van der Waals surface area contributed by atoms with E-state index in [2.05, 4.69) is 10.0 Å². The van der Waals surface area contributed by atoms with Crippen molar-refractivity contribution >= 4 is 33.2 Å². The number of benzene rings is 3. The quantitative estimate of drug-likeness (QED) is 0.338. The Morgan fingerprint density at radius 3 is 2.20 bits per heavy atom. The molecule has 44 heavy (non-hydrogen) atoms. The number of hydrogen-bond donors (Lipinski definition) is 2. The highest BCUT2D eigenvalue weighted by molar-refractivity contribution is 7.92. The van der Waals surface area contributed by atoms with Crippen molar-refractivity contribution < 1.29 is 40.7 Å². The maximum absolute atomic E-state index is 13.6. The number of anilines is 2. The fraction of sp³-hybridized carbons (Fsp3) is 0.333. The van der Waals surface area contributed by atoms with Crippen LogP contribution in [-0.4, -0.2) is 77.0 Å². The van der Waals surface area contributed by atoms with Crippen molar-refractivity contribution in [3.8, 4) is 11.5 Å². The molecule has 10 nitrogen and oxygen atoms in total. The van der Waals surface area contributed by atoms with Gasteiger partial charge in [-0.2, -0.15) is 13.2 Å². The number of rotatable bonds is 10. The number of piperazine rings is 1. The molecule has 2 N–H and O–H groups in total. The maximum Gasteiger partial charge on any atom is 0.416 e. The van der Waals surface area contributed by atoms with Gasteiger partial charge < -0.3 is 24.6 Å². The topological polar surface area (TPSA) is 117 Å². The van der Waals surface area contributed by atoms with Crippen LogP contribution in [0.5, 0.6) is 11.5 Å². The summed E-state index contributed by atoms with van der Waals surface area (Å²) in [4.78, 5) is 27.8. The van der Waals surface area contributed by atoms with Gasteiger partial charge in [-0.3, -0.25) is 14.3 Å². The van der Waals surface area contributed by atoms with E-state index in [1.165, 1.54) is 50.3 Å². The number of hydrogen-bond acceptors (Lipinski definition) is 7. The van der Waals surface area contributed by atoms with Gasteiger partial charge in [-0.25, -0.2) is 8.42 Å². The van der Waals surface area contributed by atoms with Crippen molar-refractivity contribution in [2.75, 3.05) is 57.0 Å². The molecule has 2 amide bonds. The summed E-state index contributed by atoms with van der Waals surface area (Å²) >= 11 is 0. The highest BCUT2D eigenvalue weighted by Crippen LogP contribution is 2.32. The normalized spacial score (nSPS) is 13.8. The van der Waals surface area contributed by atoms with Crippen LogP contribution in [0.2, 0.25) is 0 Å². The summed E-state index contributed by atoms with van der Waals surface area (Å²) in [5, 5.41) is 3.08. The third kappa shape index (κ3) is 7.73. The van der Waals surface area contributed by atoms with Gasteiger partial charge in [-0.15, -0.1) is 0 Å². The lowest BCUT2D eigenvalue weighted by atomic mass is 10.1. The molecular formula is C30H33F3N4O6S. The first kappa shape index (κ1) is 32.5. The van der Waals surface area contributed by atoms with E-state index in [-0.39, 0.29) is 47.4 Å². The van der Waals surface area contributed by atoms with Crippen molar-refractivity contribution in [2.45, 2.75) is 24.4 Å². The Kier molecular flexibility index (Phi) is 9.92. The molecule has 0 aliphatic carbocycles. The summed E-state index contributed by atoms with van der Waals surface area (Å²) in [6.07, 6.45) is -4.21. The van der Waals surface area contributed by atoms with Gasteiger partial charge in [0.1, 0.15) is 4.90 Å². The van der Waals surface area contributed by atoms with Gasteiger partial charge in [-0.1, -0.05) is 12.1 Å². The lowest BCUT2D eigenvalue weighted by Gasteiger charge is -2.34. The third-order valence-electron chi connectivity index (χ3n) is 7.15. The summed E-state index contributed by atoms with van der Waals surface area (Å²) in [7, 11) is -1.43. The number of amides is 2. The predicted octanol–water partition coefficient (Wildman–Crippen LogP) is 4.48. The SMILES string of the molecule is COc1ccc(CCNc2ccc(C(=O)N3CCN(C(C)=O)CC3)cc2S(=O)(=O)Nc2cccc(C(F)(F)F)c2)cc1OC. The molecule has 0 radical (unpaired) electrons. The first-order valence-corrected chi connectivity index (χ1v) is 15.1. The molecule has 236 valence electrons. The van der Waals surface area contributed by atoms with Gasteiger partial charge >= 0.3 is 6.18 Å². The van der Waals surface area contributed by atoms with Gasteiger partial charge in [0.2, 0.25) is 5.91 Å². The largest absolute Gasteiger partial charge is 0.493 e. The van der Waals surface area contributed by atoms with Gasteiger partial charge in [0.25, 0.3) is 15.9 Å².